The van der Waals surface area contributed by atoms with Gasteiger partial charge in [0.05, 0.1) is 17.6 Å². The third kappa shape index (κ3) is 2.05. The van der Waals surface area contributed by atoms with Crippen molar-refractivity contribution in [1.29, 1.82) is 0 Å². The van der Waals surface area contributed by atoms with Crippen molar-refractivity contribution in [2.75, 3.05) is 0 Å². The van der Waals surface area contributed by atoms with Crippen molar-refractivity contribution in [1.82, 2.24) is 24.7 Å². The Balaban J connectivity index is 2.40. The van der Waals surface area contributed by atoms with Gasteiger partial charge in [-0.1, -0.05) is 5.16 Å². The van der Waals surface area contributed by atoms with E-state index in [-0.39, 0.29) is 11.7 Å². The highest BCUT2D eigenvalue weighted by molar-refractivity contribution is 5.93. The average molecular weight is 233 g/mol. The Morgan fingerprint density at radius 2 is 2.12 bits per heavy atom. The summed E-state index contributed by atoms with van der Waals surface area (Å²) in [6.07, 6.45) is 3.00. The molecule has 0 fully saturated rings. The molecule has 0 aliphatic heterocycles. The van der Waals surface area contributed by atoms with Crippen molar-refractivity contribution < 1.29 is 5.21 Å². The van der Waals surface area contributed by atoms with E-state index in [1.165, 1.54) is 11.0 Å². The van der Waals surface area contributed by atoms with Gasteiger partial charge in [0, 0.05) is 0 Å². The van der Waals surface area contributed by atoms with Gasteiger partial charge < -0.3 is 10.9 Å². The van der Waals surface area contributed by atoms with Crippen molar-refractivity contribution in [2.24, 2.45) is 10.9 Å². The van der Waals surface area contributed by atoms with Crippen molar-refractivity contribution in [3.63, 3.8) is 0 Å². The monoisotopic (exact) mass is 233 g/mol. The van der Waals surface area contributed by atoms with E-state index in [0.717, 1.165) is 11.4 Å². The molecule has 88 valence electrons. The van der Waals surface area contributed by atoms with Crippen LogP contribution < -0.4 is 5.73 Å². The van der Waals surface area contributed by atoms with Crippen LogP contribution >= 0.6 is 0 Å². The summed E-state index contributed by atoms with van der Waals surface area (Å²) >= 11 is 0. The van der Waals surface area contributed by atoms with Gasteiger partial charge in [-0.15, -0.1) is 5.10 Å². The van der Waals surface area contributed by atoms with Gasteiger partial charge in [-0.05, 0) is 13.8 Å². The molecule has 0 spiro atoms. The topological polar surface area (TPSA) is 115 Å². The molecule has 0 atom stereocenters. The molecule has 0 radical (unpaired) electrons. The van der Waals surface area contributed by atoms with Gasteiger partial charge in [-0.25, -0.2) is 14.6 Å². The van der Waals surface area contributed by atoms with Crippen LogP contribution in [0.3, 0.4) is 0 Å². The zero-order valence-electron chi connectivity index (χ0n) is 9.36. The molecule has 0 saturated carbocycles. The highest BCUT2D eigenvalue weighted by Crippen LogP contribution is 2.05. The highest BCUT2D eigenvalue weighted by atomic mass is 16.4. The summed E-state index contributed by atoms with van der Waals surface area (Å²) < 4.78 is 1.41. The largest absolute Gasteiger partial charge is 0.409 e. The Labute approximate surface area is 96.8 Å². The molecule has 8 nitrogen and oxygen atoms in total. The van der Waals surface area contributed by atoms with Crippen LogP contribution in [0.5, 0.6) is 0 Å². The predicted octanol–water partition coefficient (Wildman–Crippen LogP) is -0.231. The minimum atomic E-state index is -0.152. The molecule has 3 N–H and O–H groups in total. The molecule has 8 heteroatoms. The van der Waals surface area contributed by atoms with E-state index in [1.807, 2.05) is 13.8 Å². The molecule has 2 heterocycles. The van der Waals surface area contributed by atoms with Gasteiger partial charge in [0.2, 0.25) is 11.7 Å². The van der Waals surface area contributed by atoms with Crippen molar-refractivity contribution in [3.8, 4) is 5.82 Å². The second-order valence-corrected chi connectivity index (χ2v) is 3.40. The van der Waals surface area contributed by atoms with Crippen molar-refractivity contribution >= 4 is 5.84 Å². The first-order valence-electron chi connectivity index (χ1n) is 4.82. The zero-order valence-corrected chi connectivity index (χ0v) is 9.36. The fourth-order valence-electron chi connectivity index (χ4n) is 1.18. The predicted molar refractivity (Wildman–Crippen MR) is 58.9 cm³/mol. The number of nitrogens with zero attached hydrogens (tertiary/aromatic N) is 6. The van der Waals surface area contributed by atoms with Crippen LogP contribution in [0.15, 0.2) is 17.7 Å². The maximum atomic E-state index is 8.49. The average Bonchev–Trinajstić information content (AvgIpc) is 2.81. The van der Waals surface area contributed by atoms with E-state index in [1.54, 1.807) is 6.20 Å². The smallest absolute Gasteiger partial charge is 0.220 e. The van der Waals surface area contributed by atoms with E-state index in [9.17, 15) is 0 Å². The maximum Gasteiger partial charge on any atom is 0.220 e. The molecule has 0 bridgehead atoms. The number of aryl methyl sites for hydroxylation is 2. The summed E-state index contributed by atoms with van der Waals surface area (Å²) in [4.78, 5) is 12.3. The van der Waals surface area contributed by atoms with Gasteiger partial charge in [0.15, 0.2) is 5.82 Å². The summed E-state index contributed by atoms with van der Waals surface area (Å²) in [5, 5.41) is 15.3. The number of nitrogens with two attached hydrogens (primary N) is 1. The molecule has 0 aliphatic rings. The fraction of sp³-hybridized carbons (Fsp3) is 0.222. The van der Waals surface area contributed by atoms with Crippen molar-refractivity contribution in [3.05, 3.63) is 29.7 Å². The van der Waals surface area contributed by atoms with Crippen LogP contribution in [-0.4, -0.2) is 35.8 Å². The molecular formula is C9H11N7O. The zero-order chi connectivity index (χ0) is 12.4. The quantitative estimate of drug-likeness (QED) is 0.320. The lowest BCUT2D eigenvalue weighted by molar-refractivity contribution is 0.318. The normalized spacial score (nSPS) is 11.8. The number of aromatic nitrogens is 5. The van der Waals surface area contributed by atoms with E-state index in [4.69, 9.17) is 10.9 Å². The van der Waals surface area contributed by atoms with Gasteiger partial charge in [0.1, 0.15) is 6.33 Å². The molecule has 2 aromatic rings. The van der Waals surface area contributed by atoms with Crippen LogP contribution in [0.1, 0.15) is 17.2 Å². The van der Waals surface area contributed by atoms with Crippen LogP contribution in [0.2, 0.25) is 0 Å². The summed E-state index contributed by atoms with van der Waals surface area (Å²) in [5.74, 6) is 0.505. The number of oxime groups is 1. The van der Waals surface area contributed by atoms with Gasteiger partial charge >= 0.3 is 0 Å². The first kappa shape index (κ1) is 11.0. The Morgan fingerprint density at radius 1 is 1.35 bits per heavy atom. The van der Waals surface area contributed by atoms with Crippen molar-refractivity contribution in [2.45, 2.75) is 13.8 Å². The second-order valence-electron chi connectivity index (χ2n) is 3.40. The molecule has 0 aromatic carbocycles. The lowest BCUT2D eigenvalue weighted by Crippen LogP contribution is -2.15. The van der Waals surface area contributed by atoms with Gasteiger partial charge in [-0.3, -0.25) is 4.98 Å². The minimum Gasteiger partial charge on any atom is -0.409 e. The number of amidine groups is 1. The summed E-state index contributed by atoms with van der Waals surface area (Å²) in [7, 11) is 0. The Morgan fingerprint density at radius 3 is 2.76 bits per heavy atom. The molecule has 0 saturated heterocycles. The molecule has 0 unspecified atom stereocenters. The molecule has 0 amide bonds. The highest BCUT2D eigenvalue weighted by Gasteiger charge is 2.08. The molecule has 0 aliphatic carbocycles. The number of hydrogen-bond acceptors (Lipinski definition) is 6. The Bertz CT molecular complexity index is 574. The standard InChI is InChI=1S/C9H11N7O/c1-5-6(2)13-7(3-11-5)16-4-12-9(14-16)8(10)15-17/h3-4,17H,1-2H3,(H2,10,15). The summed E-state index contributed by atoms with van der Waals surface area (Å²) in [5.41, 5.74) is 7.03. The molecular weight excluding hydrogens is 222 g/mol. The van der Waals surface area contributed by atoms with Gasteiger partial charge in [-0.2, -0.15) is 0 Å². The minimum absolute atomic E-state index is 0.132. The molecule has 2 rings (SSSR count). The SMILES string of the molecule is Cc1ncc(-n2cnc(C(N)=NO)n2)nc1C. The van der Waals surface area contributed by atoms with E-state index >= 15 is 0 Å². The first-order chi connectivity index (χ1) is 8.11. The fourth-order valence-corrected chi connectivity index (χ4v) is 1.18. The number of rotatable bonds is 2. The maximum absolute atomic E-state index is 8.49. The molecule has 2 aromatic heterocycles. The van der Waals surface area contributed by atoms with E-state index in [0.29, 0.717) is 5.82 Å². The lowest BCUT2D eigenvalue weighted by Gasteiger charge is -2.01. The third-order valence-corrected chi connectivity index (χ3v) is 2.24. The Hall–Kier alpha value is -2.51. The lowest BCUT2D eigenvalue weighted by atomic mass is 10.3. The van der Waals surface area contributed by atoms with Crippen LogP contribution in [0.4, 0.5) is 0 Å². The van der Waals surface area contributed by atoms with Crippen LogP contribution in [-0.2, 0) is 0 Å². The van der Waals surface area contributed by atoms with E-state index in [2.05, 4.69) is 25.2 Å². The third-order valence-electron chi connectivity index (χ3n) is 2.24. The molecule has 17 heavy (non-hydrogen) atoms. The Kier molecular flexibility index (Phi) is 2.69. The van der Waals surface area contributed by atoms with E-state index < -0.39 is 0 Å². The van der Waals surface area contributed by atoms with Crippen LogP contribution in [0, 0.1) is 13.8 Å². The second kappa shape index (κ2) is 4.16. The van der Waals surface area contributed by atoms with Gasteiger partial charge in [0.25, 0.3) is 0 Å². The summed E-state index contributed by atoms with van der Waals surface area (Å²) in [6, 6.07) is 0. The first-order valence-corrected chi connectivity index (χ1v) is 4.82. The number of hydrogen-bond donors (Lipinski definition) is 2. The van der Waals surface area contributed by atoms with Crippen LogP contribution in [0.25, 0.3) is 5.82 Å². The summed E-state index contributed by atoms with van der Waals surface area (Å²) in [6.45, 7) is 3.72.